The van der Waals surface area contributed by atoms with Crippen molar-refractivity contribution < 1.29 is 4.92 Å². The normalized spacial score (nSPS) is 12.2. The summed E-state index contributed by atoms with van der Waals surface area (Å²) in [5, 5.41) is 11.0. The van der Waals surface area contributed by atoms with E-state index in [4.69, 9.17) is 5.73 Å². The molecule has 1 atom stereocenters. The number of aryl methyl sites for hydroxylation is 2. The van der Waals surface area contributed by atoms with Gasteiger partial charge in [-0.3, -0.25) is 10.1 Å². The van der Waals surface area contributed by atoms with E-state index in [1.54, 1.807) is 12.1 Å². The number of nitro benzene ring substituents is 1. The minimum absolute atomic E-state index is 0.0840. The van der Waals surface area contributed by atoms with Crippen molar-refractivity contribution in [3.63, 3.8) is 0 Å². The lowest BCUT2D eigenvalue weighted by molar-refractivity contribution is -0.385. The van der Waals surface area contributed by atoms with Crippen LogP contribution >= 0.6 is 0 Å². The highest BCUT2D eigenvalue weighted by molar-refractivity contribution is 5.45. The summed E-state index contributed by atoms with van der Waals surface area (Å²) in [6, 6.07) is 10.6. The number of hydrogen-bond donors (Lipinski definition) is 1. The summed E-state index contributed by atoms with van der Waals surface area (Å²) in [7, 11) is 0. The van der Waals surface area contributed by atoms with Gasteiger partial charge in [0, 0.05) is 12.1 Å². The van der Waals surface area contributed by atoms with E-state index in [2.05, 4.69) is 0 Å². The van der Waals surface area contributed by atoms with Gasteiger partial charge in [0.05, 0.1) is 11.0 Å². The largest absolute Gasteiger partial charge is 0.320 e. The second-order valence-electron chi connectivity index (χ2n) is 5.13. The highest BCUT2D eigenvalue weighted by Crippen LogP contribution is 2.27. The standard InChI is InChI=1S/C16H18N2O2/c1-10-7-13(9-14(8-10)18(19)20)16(17)15-6-4-5-11(2)12(15)3/h4-9,16H,17H2,1-3H3. The molecule has 0 aliphatic carbocycles. The zero-order chi connectivity index (χ0) is 14.9. The molecule has 4 nitrogen and oxygen atoms in total. The van der Waals surface area contributed by atoms with Crippen LogP contribution in [0.2, 0.25) is 0 Å². The minimum Gasteiger partial charge on any atom is -0.320 e. The third kappa shape index (κ3) is 2.70. The Bertz CT molecular complexity index is 666. The molecule has 0 saturated heterocycles. The van der Waals surface area contributed by atoms with Crippen LogP contribution in [-0.4, -0.2) is 4.92 Å². The van der Waals surface area contributed by atoms with E-state index in [1.165, 1.54) is 5.56 Å². The molecule has 0 saturated carbocycles. The van der Waals surface area contributed by atoms with Crippen molar-refractivity contribution in [2.24, 2.45) is 5.73 Å². The third-order valence-corrected chi connectivity index (χ3v) is 3.64. The highest BCUT2D eigenvalue weighted by Gasteiger charge is 2.16. The lowest BCUT2D eigenvalue weighted by Gasteiger charge is -2.17. The second-order valence-corrected chi connectivity index (χ2v) is 5.13. The lowest BCUT2D eigenvalue weighted by atomic mass is 9.92. The molecule has 2 N–H and O–H groups in total. The van der Waals surface area contributed by atoms with E-state index in [-0.39, 0.29) is 16.7 Å². The maximum Gasteiger partial charge on any atom is 0.270 e. The molecule has 0 aliphatic rings. The van der Waals surface area contributed by atoms with Gasteiger partial charge in [-0.15, -0.1) is 0 Å². The smallest absolute Gasteiger partial charge is 0.270 e. The van der Waals surface area contributed by atoms with Crippen molar-refractivity contribution in [3.8, 4) is 0 Å². The predicted molar refractivity (Wildman–Crippen MR) is 79.8 cm³/mol. The van der Waals surface area contributed by atoms with Gasteiger partial charge in [0.1, 0.15) is 0 Å². The predicted octanol–water partition coefficient (Wildman–Crippen LogP) is 3.57. The van der Waals surface area contributed by atoms with Gasteiger partial charge in [0.25, 0.3) is 5.69 Å². The molecule has 1 unspecified atom stereocenters. The Morgan fingerprint density at radius 3 is 2.50 bits per heavy atom. The van der Waals surface area contributed by atoms with E-state index in [0.29, 0.717) is 0 Å². The Labute approximate surface area is 118 Å². The van der Waals surface area contributed by atoms with Crippen molar-refractivity contribution in [1.29, 1.82) is 0 Å². The highest BCUT2D eigenvalue weighted by atomic mass is 16.6. The van der Waals surface area contributed by atoms with Crippen LogP contribution in [0, 0.1) is 30.9 Å². The van der Waals surface area contributed by atoms with Crippen molar-refractivity contribution in [3.05, 3.63) is 74.3 Å². The van der Waals surface area contributed by atoms with E-state index >= 15 is 0 Å². The number of nitro groups is 1. The van der Waals surface area contributed by atoms with Crippen LogP contribution < -0.4 is 5.73 Å². The molecular formula is C16H18N2O2. The first-order valence-electron chi connectivity index (χ1n) is 6.48. The van der Waals surface area contributed by atoms with Gasteiger partial charge in [-0.1, -0.05) is 24.3 Å². The molecule has 0 bridgehead atoms. The number of nitrogens with zero attached hydrogens (tertiary/aromatic N) is 1. The fraction of sp³-hybridized carbons (Fsp3) is 0.250. The molecule has 4 heteroatoms. The summed E-state index contributed by atoms with van der Waals surface area (Å²) in [4.78, 5) is 10.6. The molecule has 0 spiro atoms. The summed E-state index contributed by atoms with van der Waals surface area (Å²) in [5.41, 5.74) is 11.3. The van der Waals surface area contributed by atoms with E-state index in [0.717, 1.165) is 22.3 Å². The Hall–Kier alpha value is -2.20. The van der Waals surface area contributed by atoms with Crippen molar-refractivity contribution in [2.75, 3.05) is 0 Å². The van der Waals surface area contributed by atoms with Gasteiger partial charge in [-0.2, -0.15) is 0 Å². The van der Waals surface area contributed by atoms with Gasteiger partial charge in [-0.25, -0.2) is 0 Å². The van der Waals surface area contributed by atoms with E-state index < -0.39 is 0 Å². The Balaban J connectivity index is 2.50. The molecular weight excluding hydrogens is 252 g/mol. The molecule has 0 heterocycles. The van der Waals surface area contributed by atoms with Gasteiger partial charge in [0.15, 0.2) is 0 Å². The van der Waals surface area contributed by atoms with Gasteiger partial charge >= 0.3 is 0 Å². The third-order valence-electron chi connectivity index (χ3n) is 3.64. The summed E-state index contributed by atoms with van der Waals surface area (Å²) in [6.45, 7) is 5.89. The molecule has 0 aliphatic heterocycles. The Morgan fingerprint density at radius 2 is 1.85 bits per heavy atom. The van der Waals surface area contributed by atoms with Crippen molar-refractivity contribution >= 4 is 5.69 Å². The Kier molecular flexibility index (Phi) is 3.86. The maximum atomic E-state index is 11.0. The molecule has 0 amide bonds. The van der Waals surface area contributed by atoms with Crippen LogP contribution in [0.1, 0.15) is 33.9 Å². The van der Waals surface area contributed by atoms with Crippen molar-refractivity contribution in [1.82, 2.24) is 0 Å². The molecule has 0 radical (unpaired) electrons. The van der Waals surface area contributed by atoms with Crippen LogP contribution in [0.4, 0.5) is 5.69 Å². The average Bonchev–Trinajstić information content (AvgIpc) is 2.40. The number of non-ortho nitro benzene ring substituents is 1. The van der Waals surface area contributed by atoms with Crippen LogP contribution in [-0.2, 0) is 0 Å². The molecule has 2 rings (SSSR count). The summed E-state index contributed by atoms with van der Waals surface area (Å²) >= 11 is 0. The van der Waals surface area contributed by atoms with E-state index in [1.807, 2.05) is 45.0 Å². The average molecular weight is 270 g/mol. The number of benzene rings is 2. The molecule has 2 aromatic rings. The van der Waals surface area contributed by atoms with Crippen LogP contribution in [0.3, 0.4) is 0 Å². The first-order chi connectivity index (χ1) is 9.40. The first kappa shape index (κ1) is 14.2. The van der Waals surface area contributed by atoms with Gasteiger partial charge < -0.3 is 5.73 Å². The SMILES string of the molecule is Cc1cc(C(N)c2cccc(C)c2C)cc([N+](=O)[O-])c1. The van der Waals surface area contributed by atoms with Gasteiger partial charge in [0.2, 0.25) is 0 Å². The fourth-order valence-corrected chi connectivity index (χ4v) is 2.37. The zero-order valence-electron chi connectivity index (χ0n) is 11.9. The summed E-state index contributed by atoms with van der Waals surface area (Å²) in [5.74, 6) is 0. The number of hydrogen-bond acceptors (Lipinski definition) is 3. The van der Waals surface area contributed by atoms with Gasteiger partial charge in [-0.05, 0) is 48.6 Å². The fourth-order valence-electron chi connectivity index (χ4n) is 2.37. The summed E-state index contributed by atoms with van der Waals surface area (Å²) in [6.07, 6.45) is 0. The molecule has 0 aromatic heterocycles. The zero-order valence-corrected chi connectivity index (χ0v) is 11.9. The van der Waals surface area contributed by atoms with Crippen LogP contribution in [0.15, 0.2) is 36.4 Å². The lowest BCUT2D eigenvalue weighted by Crippen LogP contribution is -2.14. The second kappa shape index (κ2) is 5.43. The molecule has 20 heavy (non-hydrogen) atoms. The van der Waals surface area contributed by atoms with E-state index in [9.17, 15) is 10.1 Å². The topological polar surface area (TPSA) is 69.2 Å². The Morgan fingerprint density at radius 1 is 1.15 bits per heavy atom. The maximum absolute atomic E-state index is 11.0. The quantitative estimate of drug-likeness (QED) is 0.684. The monoisotopic (exact) mass is 270 g/mol. The number of rotatable bonds is 3. The molecule has 104 valence electrons. The van der Waals surface area contributed by atoms with Crippen LogP contribution in [0.25, 0.3) is 0 Å². The molecule has 2 aromatic carbocycles. The number of nitrogens with two attached hydrogens (primary N) is 1. The molecule has 0 fully saturated rings. The minimum atomic E-state index is -0.383. The van der Waals surface area contributed by atoms with Crippen molar-refractivity contribution in [2.45, 2.75) is 26.8 Å². The van der Waals surface area contributed by atoms with Crippen LogP contribution in [0.5, 0.6) is 0 Å². The summed E-state index contributed by atoms with van der Waals surface area (Å²) < 4.78 is 0. The first-order valence-corrected chi connectivity index (χ1v) is 6.48.